The molecule has 0 heterocycles. The SMILES string of the molecule is COc1ccc(NC(=S)NC(=O)Cc2ccccc2C)cc1Cl. The first-order chi connectivity index (χ1) is 11.0. The minimum absolute atomic E-state index is 0.170. The fourth-order valence-electron chi connectivity index (χ4n) is 2.06. The predicted octanol–water partition coefficient (Wildman–Crippen LogP) is 3.71. The van der Waals surface area contributed by atoms with Crippen molar-refractivity contribution in [1.29, 1.82) is 0 Å². The second-order valence-corrected chi connectivity index (χ2v) is 5.77. The second-order valence-electron chi connectivity index (χ2n) is 4.95. The third kappa shape index (κ3) is 4.94. The summed E-state index contributed by atoms with van der Waals surface area (Å²) in [7, 11) is 1.55. The van der Waals surface area contributed by atoms with Crippen molar-refractivity contribution in [2.45, 2.75) is 13.3 Å². The van der Waals surface area contributed by atoms with Crippen LogP contribution in [0.3, 0.4) is 0 Å². The van der Waals surface area contributed by atoms with E-state index in [1.165, 1.54) is 0 Å². The number of hydrogen-bond acceptors (Lipinski definition) is 3. The van der Waals surface area contributed by atoms with Crippen molar-refractivity contribution in [3.05, 3.63) is 58.6 Å². The van der Waals surface area contributed by atoms with Gasteiger partial charge in [0, 0.05) is 5.69 Å². The zero-order valence-corrected chi connectivity index (χ0v) is 14.4. The van der Waals surface area contributed by atoms with Gasteiger partial charge in [-0.2, -0.15) is 0 Å². The summed E-state index contributed by atoms with van der Waals surface area (Å²) in [4.78, 5) is 12.0. The predicted molar refractivity (Wildman–Crippen MR) is 97.3 cm³/mol. The third-order valence-corrected chi connectivity index (χ3v) is 3.77. The fraction of sp³-hybridized carbons (Fsp3) is 0.176. The molecule has 0 saturated heterocycles. The number of halogens is 1. The highest BCUT2D eigenvalue weighted by molar-refractivity contribution is 7.80. The Morgan fingerprint density at radius 3 is 2.65 bits per heavy atom. The number of methoxy groups -OCH3 is 1. The quantitative estimate of drug-likeness (QED) is 0.827. The van der Waals surface area contributed by atoms with Crippen molar-refractivity contribution >= 4 is 40.5 Å². The summed E-state index contributed by atoms with van der Waals surface area (Å²) in [6.45, 7) is 1.97. The standard InChI is InChI=1S/C17H17ClN2O2S/c1-11-5-3-4-6-12(11)9-16(21)20-17(23)19-13-7-8-15(22-2)14(18)10-13/h3-8,10H,9H2,1-2H3,(H2,19,20,21,23). The number of anilines is 1. The van der Waals surface area contributed by atoms with Crippen LogP contribution in [0.5, 0.6) is 5.75 Å². The van der Waals surface area contributed by atoms with E-state index in [9.17, 15) is 4.79 Å². The number of carbonyl (C=O) groups is 1. The first-order valence-electron chi connectivity index (χ1n) is 6.98. The van der Waals surface area contributed by atoms with Crippen LogP contribution >= 0.6 is 23.8 Å². The summed E-state index contributed by atoms with van der Waals surface area (Å²) >= 11 is 11.2. The van der Waals surface area contributed by atoms with Gasteiger partial charge in [0.25, 0.3) is 0 Å². The summed E-state index contributed by atoms with van der Waals surface area (Å²) < 4.78 is 5.08. The van der Waals surface area contributed by atoms with E-state index in [1.54, 1.807) is 25.3 Å². The van der Waals surface area contributed by atoms with E-state index in [2.05, 4.69) is 10.6 Å². The molecule has 2 N–H and O–H groups in total. The molecule has 0 aliphatic carbocycles. The van der Waals surface area contributed by atoms with Gasteiger partial charge >= 0.3 is 0 Å². The Morgan fingerprint density at radius 2 is 2.00 bits per heavy atom. The lowest BCUT2D eigenvalue weighted by atomic mass is 10.1. The van der Waals surface area contributed by atoms with Crippen molar-refractivity contribution in [2.24, 2.45) is 0 Å². The lowest BCUT2D eigenvalue weighted by Crippen LogP contribution is -2.35. The van der Waals surface area contributed by atoms with Gasteiger partial charge in [-0.25, -0.2) is 0 Å². The van der Waals surface area contributed by atoms with Crippen LogP contribution in [0.1, 0.15) is 11.1 Å². The van der Waals surface area contributed by atoms with Crippen molar-refractivity contribution in [3.63, 3.8) is 0 Å². The molecule has 0 atom stereocenters. The van der Waals surface area contributed by atoms with E-state index >= 15 is 0 Å². The van der Waals surface area contributed by atoms with Crippen LogP contribution in [-0.2, 0) is 11.2 Å². The highest BCUT2D eigenvalue weighted by atomic mass is 35.5. The Balaban J connectivity index is 1.93. The normalized spacial score (nSPS) is 10.0. The third-order valence-electron chi connectivity index (χ3n) is 3.27. The maximum atomic E-state index is 12.0. The van der Waals surface area contributed by atoms with Crippen LogP contribution in [0.4, 0.5) is 5.69 Å². The first-order valence-corrected chi connectivity index (χ1v) is 7.77. The molecular weight excluding hydrogens is 332 g/mol. The lowest BCUT2D eigenvalue weighted by Gasteiger charge is -2.11. The van der Waals surface area contributed by atoms with E-state index in [4.69, 9.17) is 28.6 Å². The molecule has 2 aromatic carbocycles. The summed E-state index contributed by atoms with van der Waals surface area (Å²) in [6, 6.07) is 12.9. The fourth-order valence-corrected chi connectivity index (χ4v) is 2.55. The number of hydrogen-bond donors (Lipinski definition) is 2. The number of nitrogens with one attached hydrogen (secondary N) is 2. The number of amides is 1. The number of rotatable bonds is 4. The summed E-state index contributed by atoms with van der Waals surface area (Å²) in [5.41, 5.74) is 2.72. The molecule has 0 aliphatic rings. The van der Waals surface area contributed by atoms with E-state index in [-0.39, 0.29) is 17.4 Å². The van der Waals surface area contributed by atoms with Crippen molar-refractivity contribution in [3.8, 4) is 5.75 Å². The molecule has 4 nitrogen and oxygen atoms in total. The number of thiocarbonyl (C=S) groups is 1. The number of carbonyl (C=O) groups excluding carboxylic acids is 1. The van der Waals surface area contributed by atoms with E-state index in [1.807, 2.05) is 31.2 Å². The summed E-state index contributed by atoms with van der Waals surface area (Å²) in [6.07, 6.45) is 0.276. The molecule has 2 aromatic rings. The average molecular weight is 349 g/mol. The van der Waals surface area contributed by atoms with Crippen LogP contribution < -0.4 is 15.4 Å². The van der Waals surface area contributed by atoms with Crippen LogP contribution in [0.15, 0.2) is 42.5 Å². The minimum Gasteiger partial charge on any atom is -0.495 e. The van der Waals surface area contributed by atoms with Crippen molar-refractivity contribution in [2.75, 3.05) is 12.4 Å². The van der Waals surface area contributed by atoms with E-state index < -0.39 is 0 Å². The number of aryl methyl sites for hydroxylation is 1. The zero-order valence-electron chi connectivity index (χ0n) is 12.9. The molecule has 0 aromatic heterocycles. The van der Waals surface area contributed by atoms with Crippen molar-refractivity contribution in [1.82, 2.24) is 5.32 Å². The van der Waals surface area contributed by atoms with Gasteiger partial charge in [0.1, 0.15) is 5.75 Å². The van der Waals surface area contributed by atoms with E-state index in [0.717, 1.165) is 11.1 Å². The van der Waals surface area contributed by atoms with Gasteiger partial charge in [0.2, 0.25) is 5.91 Å². The Labute approximate surface area is 145 Å². The average Bonchev–Trinajstić information content (AvgIpc) is 2.49. The lowest BCUT2D eigenvalue weighted by molar-refractivity contribution is -0.119. The second kappa shape index (κ2) is 7.94. The molecule has 0 fully saturated rings. The van der Waals surface area contributed by atoms with Gasteiger partial charge in [-0.1, -0.05) is 35.9 Å². The highest BCUT2D eigenvalue weighted by Gasteiger charge is 2.09. The van der Waals surface area contributed by atoms with Crippen LogP contribution in [-0.4, -0.2) is 18.1 Å². The van der Waals surface area contributed by atoms with Crippen LogP contribution in [0.2, 0.25) is 5.02 Å². The van der Waals surface area contributed by atoms with Gasteiger partial charge in [-0.15, -0.1) is 0 Å². The molecule has 6 heteroatoms. The molecule has 2 rings (SSSR count). The summed E-state index contributed by atoms with van der Waals surface area (Å²) in [5, 5.41) is 6.28. The van der Waals surface area contributed by atoms with Gasteiger partial charge in [0.05, 0.1) is 18.6 Å². The molecule has 0 bridgehead atoms. The molecular formula is C17H17ClN2O2S. The van der Waals surface area contributed by atoms with Gasteiger partial charge in [0.15, 0.2) is 5.11 Å². The van der Waals surface area contributed by atoms with Crippen LogP contribution in [0.25, 0.3) is 0 Å². The molecule has 0 spiro atoms. The maximum Gasteiger partial charge on any atom is 0.230 e. The summed E-state index contributed by atoms with van der Waals surface area (Å²) in [5.74, 6) is 0.406. The molecule has 1 amide bonds. The zero-order chi connectivity index (χ0) is 16.8. The molecule has 0 aliphatic heterocycles. The largest absolute Gasteiger partial charge is 0.495 e. The van der Waals surface area contributed by atoms with E-state index in [0.29, 0.717) is 16.5 Å². The monoisotopic (exact) mass is 348 g/mol. The Hall–Kier alpha value is -2.11. The molecule has 120 valence electrons. The smallest absolute Gasteiger partial charge is 0.230 e. The van der Waals surface area contributed by atoms with Crippen molar-refractivity contribution < 1.29 is 9.53 Å². The Morgan fingerprint density at radius 1 is 1.26 bits per heavy atom. The first kappa shape index (κ1) is 17.2. The highest BCUT2D eigenvalue weighted by Crippen LogP contribution is 2.27. The number of benzene rings is 2. The Kier molecular flexibility index (Phi) is 5.96. The van der Waals surface area contributed by atoms with Gasteiger partial charge in [-0.3, -0.25) is 4.79 Å². The molecule has 0 saturated carbocycles. The molecule has 0 unspecified atom stereocenters. The van der Waals surface area contributed by atoms with Crippen LogP contribution in [0, 0.1) is 6.92 Å². The van der Waals surface area contributed by atoms with Gasteiger partial charge < -0.3 is 15.4 Å². The topological polar surface area (TPSA) is 50.4 Å². The molecule has 23 heavy (non-hydrogen) atoms. The molecule has 0 radical (unpaired) electrons. The minimum atomic E-state index is -0.170. The Bertz CT molecular complexity index is 734. The maximum absolute atomic E-state index is 12.0. The number of ether oxygens (including phenoxy) is 1. The van der Waals surface area contributed by atoms with Gasteiger partial charge in [-0.05, 0) is 48.5 Å².